The first-order valence-corrected chi connectivity index (χ1v) is 12.8. The van der Waals surface area contributed by atoms with E-state index in [0.29, 0.717) is 38.4 Å². The van der Waals surface area contributed by atoms with Crippen LogP contribution in [0, 0.1) is 6.92 Å². The normalized spacial score (nSPS) is 10.7. The molecule has 7 heteroatoms. The summed E-state index contributed by atoms with van der Waals surface area (Å²) in [6.07, 6.45) is 0. The number of para-hydroxylation sites is 1. The van der Waals surface area contributed by atoms with Crippen molar-refractivity contribution in [2.45, 2.75) is 13.5 Å². The molecule has 0 saturated heterocycles. The summed E-state index contributed by atoms with van der Waals surface area (Å²) >= 11 is 1.62. The fourth-order valence-corrected chi connectivity index (χ4v) is 4.51. The lowest BCUT2D eigenvalue weighted by Crippen LogP contribution is -2.28. The molecule has 0 aliphatic carbocycles. The number of thiazole rings is 1. The molecule has 4 aromatic rings. The number of carbonyl (C=O) groups is 1. The number of ether oxygens (including phenoxy) is 2. The molecular formula is C29H31N3O3S. The van der Waals surface area contributed by atoms with Crippen molar-refractivity contribution in [3.63, 3.8) is 0 Å². The lowest BCUT2D eigenvalue weighted by atomic mass is 10.1. The van der Waals surface area contributed by atoms with Gasteiger partial charge in [-0.25, -0.2) is 4.98 Å². The third kappa shape index (κ3) is 7.16. The minimum Gasteiger partial charge on any atom is -0.492 e. The predicted octanol–water partition coefficient (Wildman–Crippen LogP) is 5.58. The van der Waals surface area contributed by atoms with Crippen molar-refractivity contribution in [3.05, 3.63) is 101 Å². The summed E-state index contributed by atoms with van der Waals surface area (Å²) in [5.74, 6) is 0.746. The molecule has 6 nitrogen and oxygen atoms in total. The van der Waals surface area contributed by atoms with Crippen molar-refractivity contribution in [2.75, 3.05) is 38.3 Å². The van der Waals surface area contributed by atoms with E-state index >= 15 is 0 Å². The minimum atomic E-state index is -0.102. The SMILES string of the molecule is COCCNC(=O)c1ccc(CN(CCOc2ccccc2)c2nc(-c3ccc(C)cc3)cs2)cc1. The van der Waals surface area contributed by atoms with Gasteiger partial charge in [0.2, 0.25) is 0 Å². The van der Waals surface area contributed by atoms with Crippen molar-refractivity contribution in [1.82, 2.24) is 10.3 Å². The molecule has 0 spiro atoms. The monoisotopic (exact) mass is 501 g/mol. The van der Waals surface area contributed by atoms with Crippen molar-refractivity contribution >= 4 is 22.4 Å². The summed E-state index contributed by atoms with van der Waals surface area (Å²) in [6, 6.07) is 25.9. The van der Waals surface area contributed by atoms with Gasteiger partial charge in [-0.2, -0.15) is 0 Å². The lowest BCUT2D eigenvalue weighted by molar-refractivity contribution is 0.0937. The first-order valence-electron chi connectivity index (χ1n) is 11.9. The highest BCUT2D eigenvalue weighted by atomic mass is 32.1. The molecule has 0 unspecified atom stereocenters. The van der Waals surface area contributed by atoms with Crippen LogP contribution in [0.25, 0.3) is 11.3 Å². The maximum absolute atomic E-state index is 12.3. The quantitative estimate of drug-likeness (QED) is 0.257. The number of nitrogens with zero attached hydrogens (tertiary/aromatic N) is 2. The van der Waals surface area contributed by atoms with Crippen molar-refractivity contribution in [2.24, 2.45) is 0 Å². The number of carbonyl (C=O) groups excluding carboxylic acids is 1. The van der Waals surface area contributed by atoms with Gasteiger partial charge in [-0.05, 0) is 36.8 Å². The average molecular weight is 502 g/mol. The Morgan fingerprint density at radius 3 is 2.44 bits per heavy atom. The Morgan fingerprint density at radius 1 is 0.972 bits per heavy atom. The predicted molar refractivity (Wildman–Crippen MR) is 146 cm³/mol. The number of hydrogen-bond acceptors (Lipinski definition) is 6. The van der Waals surface area contributed by atoms with Crippen LogP contribution in [0.15, 0.2) is 84.2 Å². The molecular weight excluding hydrogens is 470 g/mol. The van der Waals surface area contributed by atoms with E-state index in [1.165, 1.54) is 5.56 Å². The number of nitrogens with one attached hydrogen (secondary N) is 1. The number of rotatable bonds is 12. The Hall–Kier alpha value is -3.68. The Kier molecular flexibility index (Phi) is 9.08. The van der Waals surface area contributed by atoms with Crippen LogP contribution in [0.2, 0.25) is 0 Å². The molecule has 1 heterocycles. The summed E-state index contributed by atoms with van der Waals surface area (Å²) < 4.78 is 11.0. The topological polar surface area (TPSA) is 63.7 Å². The molecule has 0 fully saturated rings. The molecule has 4 rings (SSSR count). The molecule has 0 bridgehead atoms. The molecule has 0 atom stereocenters. The van der Waals surface area contributed by atoms with Gasteiger partial charge in [0.25, 0.3) is 5.91 Å². The van der Waals surface area contributed by atoms with Gasteiger partial charge in [0.05, 0.1) is 18.8 Å². The highest BCUT2D eigenvalue weighted by molar-refractivity contribution is 7.14. The van der Waals surface area contributed by atoms with E-state index in [9.17, 15) is 4.79 Å². The Labute approximate surface area is 216 Å². The smallest absolute Gasteiger partial charge is 0.251 e. The average Bonchev–Trinajstić information content (AvgIpc) is 3.40. The second-order valence-corrected chi connectivity index (χ2v) is 9.25. The van der Waals surface area contributed by atoms with Crippen molar-refractivity contribution < 1.29 is 14.3 Å². The summed E-state index contributed by atoms with van der Waals surface area (Å²) in [4.78, 5) is 19.5. The first-order chi connectivity index (χ1) is 17.6. The van der Waals surface area contributed by atoms with Gasteiger partial charge in [-0.15, -0.1) is 11.3 Å². The number of benzene rings is 3. The largest absolute Gasteiger partial charge is 0.492 e. The van der Waals surface area contributed by atoms with Gasteiger partial charge in [0, 0.05) is 36.7 Å². The van der Waals surface area contributed by atoms with E-state index in [0.717, 1.165) is 27.7 Å². The zero-order valence-corrected chi connectivity index (χ0v) is 21.5. The maximum Gasteiger partial charge on any atom is 0.251 e. The van der Waals surface area contributed by atoms with Crippen LogP contribution in [0.1, 0.15) is 21.5 Å². The fourth-order valence-electron chi connectivity index (χ4n) is 3.65. The molecule has 36 heavy (non-hydrogen) atoms. The third-order valence-corrected chi connectivity index (χ3v) is 6.57. The van der Waals surface area contributed by atoms with Crippen LogP contribution in [0.4, 0.5) is 5.13 Å². The zero-order valence-electron chi connectivity index (χ0n) is 20.6. The van der Waals surface area contributed by atoms with E-state index < -0.39 is 0 Å². The molecule has 0 aliphatic heterocycles. The number of hydrogen-bond donors (Lipinski definition) is 1. The molecule has 1 aromatic heterocycles. The van der Waals surface area contributed by atoms with Crippen LogP contribution >= 0.6 is 11.3 Å². The molecule has 1 N–H and O–H groups in total. The second kappa shape index (κ2) is 12.9. The van der Waals surface area contributed by atoms with Crippen LogP contribution < -0.4 is 15.0 Å². The van der Waals surface area contributed by atoms with E-state index in [2.05, 4.69) is 46.8 Å². The van der Waals surface area contributed by atoms with Crippen molar-refractivity contribution in [1.29, 1.82) is 0 Å². The Bertz CT molecular complexity index is 1220. The third-order valence-electron chi connectivity index (χ3n) is 5.66. The Balaban J connectivity index is 1.47. The number of aromatic nitrogens is 1. The highest BCUT2D eigenvalue weighted by Crippen LogP contribution is 2.29. The standard InChI is InChI=1S/C29H31N3O3S/c1-22-8-12-24(13-9-22)27-21-36-29(31-27)32(17-19-35-26-6-4-3-5-7-26)20-23-10-14-25(15-11-23)28(33)30-16-18-34-2/h3-15,21H,16-20H2,1-2H3,(H,30,33). The van der Waals surface area contributed by atoms with Gasteiger partial charge < -0.3 is 19.7 Å². The van der Waals surface area contributed by atoms with Crippen LogP contribution in [-0.2, 0) is 11.3 Å². The molecule has 0 radical (unpaired) electrons. The van der Waals surface area contributed by atoms with Gasteiger partial charge in [-0.3, -0.25) is 4.79 Å². The van der Waals surface area contributed by atoms with Gasteiger partial charge in [-0.1, -0.05) is 60.2 Å². The zero-order chi connectivity index (χ0) is 25.2. The van der Waals surface area contributed by atoms with Gasteiger partial charge in [0.1, 0.15) is 12.4 Å². The Morgan fingerprint density at radius 2 is 1.72 bits per heavy atom. The van der Waals surface area contributed by atoms with Crippen LogP contribution in [0.5, 0.6) is 5.75 Å². The number of aryl methyl sites for hydroxylation is 1. The number of methoxy groups -OCH3 is 1. The van der Waals surface area contributed by atoms with E-state index in [-0.39, 0.29) is 5.91 Å². The van der Waals surface area contributed by atoms with E-state index in [4.69, 9.17) is 14.5 Å². The van der Waals surface area contributed by atoms with Gasteiger partial charge in [0.15, 0.2) is 5.13 Å². The van der Waals surface area contributed by atoms with E-state index in [1.54, 1.807) is 18.4 Å². The minimum absolute atomic E-state index is 0.102. The summed E-state index contributed by atoms with van der Waals surface area (Å²) in [6.45, 7) is 4.92. The molecule has 0 aliphatic rings. The van der Waals surface area contributed by atoms with Crippen LogP contribution in [-0.4, -0.2) is 44.3 Å². The summed E-state index contributed by atoms with van der Waals surface area (Å²) in [7, 11) is 1.61. The maximum atomic E-state index is 12.3. The van der Waals surface area contributed by atoms with Crippen molar-refractivity contribution in [3.8, 4) is 17.0 Å². The fraction of sp³-hybridized carbons (Fsp3) is 0.241. The number of anilines is 1. The summed E-state index contributed by atoms with van der Waals surface area (Å²) in [5, 5.41) is 5.88. The molecule has 186 valence electrons. The molecule has 3 aromatic carbocycles. The van der Waals surface area contributed by atoms with Gasteiger partial charge >= 0.3 is 0 Å². The van der Waals surface area contributed by atoms with Crippen LogP contribution in [0.3, 0.4) is 0 Å². The van der Waals surface area contributed by atoms with E-state index in [1.807, 2.05) is 54.6 Å². The second-order valence-electron chi connectivity index (χ2n) is 8.41. The highest BCUT2D eigenvalue weighted by Gasteiger charge is 2.14. The first kappa shape index (κ1) is 25.4. The molecule has 0 saturated carbocycles. The number of amides is 1. The summed E-state index contributed by atoms with van der Waals surface area (Å²) in [5.41, 5.74) is 5.02. The molecule has 1 amide bonds. The lowest BCUT2D eigenvalue weighted by Gasteiger charge is -2.22.